The predicted octanol–water partition coefficient (Wildman–Crippen LogP) is -0.583. The van der Waals surface area contributed by atoms with Crippen LogP contribution >= 0.6 is 0 Å². The van der Waals surface area contributed by atoms with Gasteiger partial charge in [-0.2, -0.15) is 0 Å². The first-order valence-corrected chi connectivity index (χ1v) is 11.9. The zero-order valence-electron chi connectivity index (χ0n) is 19.1. The normalized spacial score (nSPS) is 12.0. The van der Waals surface area contributed by atoms with Crippen LogP contribution < -0.4 is 28.7 Å². The van der Waals surface area contributed by atoms with Gasteiger partial charge in [-0.15, -0.1) is 0 Å². The van der Waals surface area contributed by atoms with Crippen LogP contribution in [-0.4, -0.2) is 106 Å². The van der Waals surface area contributed by atoms with Crippen molar-refractivity contribution in [3.8, 4) is 0 Å². The van der Waals surface area contributed by atoms with Crippen molar-refractivity contribution in [3.05, 3.63) is 0 Å². The largest absolute Gasteiger partial charge is 0.330 e. The van der Waals surface area contributed by atoms with Crippen molar-refractivity contribution in [1.82, 2.24) is 14.7 Å². The fourth-order valence-electron chi connectivity index (χ4n) is 3.62. The van der Waals surface area contributed by atoms with Crippen LogP contribution in [0.15, 0.2) is 0 Å². The minimum absolute atomic E-state index is 0.757. The van der Waals surface area contributed by atoms with Crippen molar-refractivity contribution in [2.75, 3.05) is 91.6 Å². The van der Waals surface area contributed by atoms with Crippen LogP contribution in [0.1, 0.15) is 44.9 Å². The van der Waals surface area contributed by atoms with Crippen LogP contribution in [0.4, 0.5) is 0 Å². The van der Waals surface area contributed by atoms with E-state index < -0.39 is 0 Å². The molecule has 0 amide bonds. The van der Waals surface area contributed by atoms with Crippen LogP contribution in [0.3, 0.4) is 0 Å². The van der Waals surface area contributed by atoms with E-state index in [1.54, 1.807) is 0 Å². The van der Waals surface area contributed by atoms with Gasteiger partial charge in [-0.25, -0.2) is 0 Å². The molecule has 0 aliphatic rings. The molecule has 10 N–H and O–H groups in total. The van der Waals surface area contributed by atoms with Gasteiger partial charge >= 0.3 is 0 Å². The zero-order valence-corrected chi connectivity index (χ0v) is 19.1. The Morgan fingerprint density at radius 3 is 0.621 bits per heavy atom. The molecule has 8 nitrogen and oxygen atoms in total. The fourth-order valence-corrected chi connectivity index (χ4v) is 3.62. The maximum Gasteiger partial charge on any atom is -0.000653 e. The molecule has 8 heteroatoms. The molecule has 0 aliphatic heterocycles. The summed E-state index contributed by atoms with van der Waals surface area (Å²) in [4.78, 5) is 7.62. The van der Waals surface area contributed by atoms with Crippen LogP contribution in [-0.2, 0) is 0 Å². The first-order valence-electron chi connectivity index (χ1n) is 11.9. The van der Waals surface area contributed by atoms with Crippen LogP contribution in [0.2, 0.25) is 0 Å². The van der Waals surface area contributed by atoms with Gasteiger partial charge in [0.25, 0.3) is 0 Å². The van der Waals surface area contributed by atoms with Gasteiger partial charge < -0.3 is 43.4 Å². The molecule has 0 rings (SSSR count). The van der Waals surface area contributed by atoms with E-state index in [2.05, 4.69) is 14.7 Å². The quantitative estimate of drug-likeness (QED) is 0.149. The lowest BCUT2D eigenvalue weighted by Crippen LogP contribution is -2.36. The van der Waals surface area contributed by atoms with Crippen LogP contribution in [0.5, 0.6) is 0 Å². The van der Waals surface area contributed by atoms with E-state index in [-0.39, 0.29) is 0 Å². The smallest absolute Gasteiger partial charge is 0.000653 e. The second-order valence-corrected chi connectivity index (χ2v) is 7.94. The molecule has 0 heterocycles. The van der Waals surface area contributed by atoms with Gasteiger partial charge in [0.2, 0.25) is 0 Å². The number of nitrogens with two attached hydrogens (primary N) is 5. The molecule has 0 atom stereocenters. The highest BCUT2D eigenvalue weighted by molar-refractivity contribution is 4.66. The molecule has 0 saturated carbocycles. The molecule has 0 aromatic carbocycles. The Bertz CT molecular complexity index is 277. The Balaban J connectivity index is 4.32. The summed E-state index contributed by atoms with van der Waals surface area (Å²) in [7, 11) is 0. The molecule has 0 saturated heterocycles. The van der Waals surface area contributed by atoms with E-state index >= 15 is 0 Å². The minimum atomic E-state index is 0.757. The highest BCUT2D eigenvalue weighted by Gasteiger charge is 2.09. The first-order chi connectivity index (χ1) is 14.2. The molecular weight excluding hydrogens is 364 g/mol. The molecule has 0 aromatic heterocycles. The topological polar surface area (TPSA) is 140 Å². The van der Waals surface area contributed by atoms with E-state index in [9.17, 15) is 0 Å². The standard InChI is InChI=1S/C21H52N8/c22-8-1-13-27(14-2-9-23)18-6-20-29(17-5-12-26)21-7-19-28(15-3-10-24)16-4-11-25/h1-26H2. The number of hydrogen-bond acceptors (Lipinski definition) is 8. The minimum Gasteiger partial charge on any atom is -0.330 e. The van der Waals surface area contributed by atoms with Gasteiger partial charge in [0.1, 0.15) is 0 Å². The Morgan fingerprint density at radius 2 is 0.448 bits per heavy atom. The molecule has 0 bridgehead atoms. The van der Waals surface area contributed by atoms with Crippen molar-refractivity contribution in [2.24, 2.45) is 28.7 Å². The summed E-state index contributed by atoms with van der Waals surface area (Å²) in [6.07, 6.45) is 7.67. The van der Waals surface area contributed by atoms with Crippen LogP contribution in [0, 0.1) is 0 Å². The molecule has 0 aromatic rings. The van der Waals surface area contributed by atoms with Gasteiger partial charge in [0, 0.05) is 0 Å². The highest BCUT2D eigenvalue weighted by Crippen LogP contribution is 2.03. The maximum absolute atomic E-state index is 5.76. The second-order valence-electron chi connectivity index (χ2n) is 7.94. The lowest BCUT2D eigenvalue weighted by Gasteiger charge is -2.27. The number of rotatable bonds is 23. The number of nitrogens with zero attached hydrogens (tertiary/aromatic N) is 3. The van der Waals surface area contributed by atoms with E-state index in [1.807, 2.05) is 0 Å². The summed E-state index contributed by atoms with van der Waals surface area (Å²) in [6.45, 7) is 13.7. The summed E-state index contributed by atoms with van der Waals surface area (Å²) in [6, 6.07) is 0. The van der Waals surface area contributed by atoms with Gasteiger partial charge in [-0.3, -0.25) is 0 Å². The van der Waals surface area contributed by atoms with Crippen LogP contribution in [0.25, 0.3) is 0 Å². The molecule has 0 spiro atoms. The lowest BCUT2D eigenvalue weighted by molar-refractivity contribution is 0.205. The monoisotopic (exact) mass is 416 g/mol. The Hall–Kier alpha value is -0.320. The molecule has 0 fully saturated rings. The van der Waals surface area contributed by atoms with Gasteiger partial charge in [0.05, 0.1) is 0 Å². The van der Waals surface area contributed by atoms with E-state index in [0.717, 1.165) is 124 Å². The predicted molar refractivity (Wildman–Crippen MR) is 127 cm³/mol. The Morgan fingerprint density at radius 1 is 0.276 bits per heavy atom. The summed E-state index contributed by atoms with van der Waals surface area (Å²) in [5.74, 6) is 0. The third kappa shape index (κ3) is 18.2. The molecule has 176 valence electrons. The van der Waals surface area contributed by atoms with Crippen molar-refractivity contribution in [1.29, 1.82) is 0 Å². The molecular formula is C21H52N8. The molecule has 29 heavy (non-hydrogen) atoms. The summed E-state index contributed by atoms with van der Waals surface area (Å²) >= 11 is 0. The summed E-state index contributed by atoms with van der Waals surface area (Å²) < 4.78 is 0. The number of hydrogen-bond donors (Lipinski definition) is 5. The maximum atomic E-state index is 5.76. The van der Waals surface area contributed by atoms with E-state index in [4.69, 9.17) is 28.7 Å². The lowest BCUT2D eigenvalue weighted by atomic mass is 10.2. The Labute approximate surface area is 180 Å². The van der Waals surface area contributed by atoms with Gasteiger partial charge in [-0.1, -0.05) is 0 Å². The molecule has 0 aliphatic carbocycles. The first kappa shape index (κ1) is 28.7. The SMILES string of the molecule is NCCCN(CCCN)CCCN(CCCN)CCCN(CCCN)CCCN. The zero-order chi connectivity index (χ0) is 21.6. The Kier molecular flexibility index (Phi) is 22.1. The van der Waals surface area contributed by atoms with E-state index in [1.165, 1.54) is 12.8 Å². The van der Waals surface area contributed by atoms with Crippen molar-refractivity contribution in [3.63, 3.8) is 0 Å². The van der Waals surface area contributed by atoms with Gasteiger partial charge in [0.15, 0.2) is 0 Å². The van der Waals surface area contributed by atoms with Gasteiger partial charge in [-0.05, 0) is 137 Å². The molecule has 0 unspecified atom stereocenters. The molecule has 0 radical (unpaired) electrons. The third-order valence-corrected chi connectivity index (χ3v) is 5.29. The van der Waals surface area contributed by atoms with Crippen molar-refractivity contribution < 1.29 is 0 Å². The summed E-state index contributed by atoms with van der Waals surface area (Å²) in [5, 5.41) is 0. The van der Waals surface area contributed by atoms with Crippen molar-refractivity contribution in [2.45, 2.75) is 44.9 Å². The third-order valence-electron chi connectivity index (χ3n) is 5.29. The average Bonchev–Trinajstić information content (AvgIpc) is 2.74. The highest BCUT2D eigenvalue weighted by atomic mass is 15.2. The van der Waals surface area contributed by atoms with E-state index in [0.29, 0.717) is 0 Å². The second kappa shape index (κ2) is 22.4. The fraction of sp³-hybridized carbons (Fsp3) is 1.00. The summed E-state index contributed by atoms with van der Waals surface area (Å²) in [5.41, 5.74) is 28.5. The average molecular weight is 417 g/mol. The van der Waals surface area contributed by atoms with Crippen molar-refractivity contribution >= 4 is 0 Å².